The highest BCUT2D eigenvalue weighted by Crippen LogP contribution is 2.12. The molecule has 0 unspecified atom stereocenters. The van der Waals surface area contributed by atoms with Gasteiger partial charge in [-0.2, -0.15) is 4.72 Å². The second kappa shape index (κ2) is 9.80. The van der Waals surface area contributed by atoms with Gasteiger partial charge in [0.2, 0.25) is 15.9 Å². The lowest BCUT2D eigenvalue weighted by atomic mass is 10.2. The van der Waals surface area contributed by atoms with Crippen LogP contribution in [0.3, 0.4) is 0 Å². The van der Waals surface area contributed by atoms with Gasteiger partial charge in [-0.15, -0.1) is 0 Å². The van der Waals surface area contributed by atoms with Gasteiger partial charge < -0.3 is 15.4 Å². The Hall–Kier alpha value is -3.24. The second-order valence-electron chi connectivity index (χ2n) is 5.98. The van der Waals surface area contributed by atoms with E-state index in [0.717, 1.165) is 0 Å². The Kier molecular flexibility index (Phi) is 7.46. The van der Waals surface area contributed by atoms with Crippen LogP contribution in [0.1, 0.15) is 17.3 Å². The zero-order valence-corrected chi connectivity index (χ0v) is 16.7. The summed E-state index contributed by atoms with van der Waals surface area (Å²) >= 11 is 0. The third-order valence-corrected chi connectivity index (χ3v) is 5.37. The highest BCUT2D eigenvalue weighted by molar-refractivity contribution is 7.89. The minimum absolute atomic E-state index is 0.0574. The number of benzene rings is 2. The number of methoxy groups -OCH3 is 1. The second-order valence-corrected chi connectivity index (χ2v) is 7.70. The van der Waals surface area contributed by atoms with Gasteiger partial charge in [0.25, 0.3) is 5.91 Å². The fraction of sp³-hybridized carbons (Fsp3) is 0.211. The molecule has 2 aromatic carbocycles. The summed E-state index contributed by atoms with van der Waals surface area (Å²) in [5.41, 5.74) is 0.662. The van der Waals surface area contributed by atoms with Crippen molar-refractivity contribution >= 4 is 33.5 Å². The summed E-state index contributed by atoms with van der Waals surface area (Å²) in [5, 5.41) is 4.96. The Morgan fingerprint density at radius 1 is 1.00 bits per heavy atom. The van der Waals surface area contributed by atoms with Gasteiger partial charge in [-0.25, -0.2) is 8.42 Å². The van der Waals surface area contributed by atoms with Gasteiger partial charge in [0, 0.05) is 11.3 Å². The van der Waals surface area contributed by atoms with Crippen LogP contribution in [0.25, 0.3) is 0 Å². The Morgan fingerprint density at radius 2 is 1.62 bits per heavy atom. The van der Waals surface area contributed by atoms with Crippen LogP contribution in [-0.2, 0) is 24.3 Å². The van der Waals surface area contributed by atoms with Crippen LogP contribution in [0.4, 0.5) is 5.69 Å². The number of hydrogen-bond donors (Lipinski definition) is 3. The van der Waals surface area contributed by atoms with Crippen LogP contribution < -0.4 is 15.4 Å². The van der Waals surface area contributed by atoms with E-state index in [4.69, 9.17) is 0 Å². The first-order valence-corrected chi connectivity index (χ1v) is 10.0. The number of hydrogen-bond acceptors (Lipinski definition) is 6. The highest BCUT2D eigenvalue weighted by atomic mass is 32.2. The van der Waals surface area contributed by atoms with Crippen molar-refractivity contribution in [2.75, 3.05) is 19.0 Å². The van der Waals surface area contributed by atoms with E-state index >= 15 is 0 Å². The molecule has 1 atom stereocenters. The lowest BCUT2D eigenvalue weighted by Gasteiger charge is -2.14. The van der Waals surface area contributed by atoms with E-state index < -0.39 is 33.8 Å². The Morgan fingerprint density at radius 3 is 2.21 bits per heavy atom. The van der Waals surface area contributed by atoms with Crippen molar-refractivity contribution in [3.8, 4) is 0 Å². The summed E-state index contributed by atoms with van der Waals surface area (Å²) in [6.07, 6.45) is 0. The van der Waals surface area contributed by atoms with E-state index in [2.05, 4.69) is 20.1 Å². The lowest BCUT2D eigenvalue weighted by Crippen LogP contribution is -2.41. The first-order valence-electron chi connectivity index (χ1n) is 8.56. The maximum atomic E-state index is 12.3. The summed E-state index contributed by atoms with van der Waals surface area (Å²) in [6, 6.07) is 12.6. The Bertz CT molecular complexity index is 975. The molecule has 2 aromatic rings. The van der Waals surface area contributed by atoms with Crippen molar-refractivity contribution in [3.63, 3.8) is 0 Å². The van der Waals surface area contributed by atoms with Crippen molar-refractivity contribution in [1.82, 2.24) is 10.0 Å². The zero-order valence-electron chi connectivity index (χ0n) is 15.8. The van der Waals surface area contributed by atoms with Crippen molar-refractivity contribution in [1.29, 1.82) is 0 Å². The number of rotatable bonds is 8. The molecule has 0 bridgehead atoms. The topological polar surface area (TPSA) is 131 Å². The van der Waals surface area contributed by atoms with Gasteiger partial charge in [0.15, 0.2) is 0 Å². The normalized spacial score (nSPS) is 11.9. The summed E-state index contributed by atoms with van der Waals surface area (Å²) in [4.78, 5) is 35.3. The van der Waals surface area contributed by atoms with Crippen LogP contribution in [-0.4, -0.2) is 45.9 Å². The molecule has 0 aliphatic heterocycles. The number of anilines is 1. The lowest BCUT2D eigenvalue weighted by molar-refractivity contribution is -0.139. The summed E-state index contributed by atoms with van der Waals surface area (Å²) in [7, 11) is -2.62. The van der Waals surface area contributed by atoms with Crippen LogP contribution in [0.2, 0.25) is 0 Å². The molecule has 9 nitrogen and oxygen atoms in total. The Labute approximate surface area is 168 Å². The quantitative estimate of drug-likeness (QED) is 0.545. The van der Waals surface area contributed by atoms with E-state index in [-0.39, 0.29) is 17.0 Å². The molecule has 2 rings (SSSR count). The molecule has 2 amide bonds. The predicted molar refractivity (Wildman–Crippen MR) is 106 cm³/mol. The molecule has 0 spiro atoms. The molecule has 0 heterocycles. The van der Waals surface area contributed by atoms with Crippen molar-refractivity contribution < 1.29 is 27.5 Å². The van der Waals surface area contributed by atoms with E-state index in [0.29, 0.717) is 5.69 Å². The molecule has 3 N–H and O–H groups in total. The zero-order chi connectivity index (χ0) is 21.4. The van der Waals surface area contributed by atoms with Crippen molar-refractivity contribution in [2.45, 2.75) is 17.9 Å². The number of carbonyl (C=O) groups is 3. The molecule has 0 aliphatic carbocycles. The monoisotopic (exact) mass is 419 g/mol. The predicted octanol–water partition coefficient (Wildman–Crippen LogP) is 0.895. The largest absolute Gasteiger partial charge is 0.468 e. The minimum Gasteiger partial charge on any atom is -0.468 e. The average Bonchev–Trinajstić information content (AvgIpc) is 2.72. The maximum absolute atomic E-state index is 12.3. The first kappa shape index (κ1) is 22.1. The van der Waals surface area contributed by atoms with Gasteiger partial charge >= 0.3 is 5.97 Å². The van der Waals surface area contributed by atoms with Gasteiger partial charge in [0.05, 0.1) is 18.0 Å². The van der Waals surface area contributed by atoms with Gasteiger partial charge in [0.1, 0.15) is 6.54 Å². The molecule has 154 valence electrons. The SMILES string of the molecule is COC(=O)CNC(=O)c1ccc(NC(=O)[C@H](C)NS(=O)(=O)c2ccccc2)cc1. The molecular weight excluding hydrogens is 398 g/mol. The average molecular weight is 419 g/mol. The third kappa shape index (κ3) is 6.40. The molecule has 29 heavy (non-hydrogen) atoms. The van der Waals surface area contributed by atoms with Gasteiger partial charge in [-0.05, 0) is 43.3 Å². The molecule has 0 saturated heterocycles. The summed E-state index contributed by atoms with van der Waals surface area (Å²) in [5.74, 6) is -1.61. The molecule has 10 heteroatoms. The van der Waals surface area contributed by atoms with Crippen molar-refractivity contribution in [3.05, 3.63) is 60.2 Å². The molecule has 0 aliphatic rings. The Balaban J connectivity index is 1.94. The fourth-order valence-corrected chi connectivity index (χ4v) is 3.46. The van der Waals surface area contributed by atoms with E-state index in [1.54, 1.807) is 18.2 Å². The number of sulfonamides is 1. The summed E-state index contributed by atoms with van der Waals surface area (Å²) < 4.78 is 31.3. The number of amides is 2. The highest BCUT2D eigenvalue weighted by Gasteiger charge is 2.22. The molecule has 0 fully saturated rings. The molecule has 0 aromatic heterocycles. The van der Waals surface area contributed by atoms with Crippen LogP contribution in [0.15, 0.2) is 59.5 Å². The number of ether oxygens (including phenoxy) is 1. The van der Waals surface area contributed by atoms with E-state index in [1.165, 1.54) is 50.4 Å². The fourth-order valence-electron chi connectivity index (χ4n) is 2.24. The van der Waals surface area contributed by atoms with Crippen LogP contribution in [0.5, 0.6) is 0 Å². The molecular formula is C19H21N3O6S. The third-order valence-electron chi connectivity index (χ3n) is 3.81. The first-order chi connectivity index (χ1) is 13.7. The number of esters is 1. The smallest absolute Gasteiger partial charge is 0.325 e. The molecule has 0 radical (unpaired) electrons. The minimum atomic E-state index is -3.83. The van der Waals surface area contributed by atoms with E-state index in [9.17, 15) is 22.8 Å². The van der Waals surface area contributed by atoms with E-state index in [1.807, 2.05) is 0 Å². The van der Waals surface area contributed by atoms with Crippen LogP contribution in [0, 0.1) is 0 Å². The summed E-state index contributed by atoms with van der Waals surface area (Å²) in [6.45, 7) is 1.16. The standard InChI is InChI=1S/C19H21N3O6S/c1-13(22-29(26,27)16-6-4-3-5-7-16)18(24)21-15-10-8-14(9-11-15)19(25)20-12-17(23)28-2/h3-11,13,22H,12H2,1-2H3,(H,20,25)(H,21,24)/t13-/m0/s1. The van der Waals surface area contributed by atoms with Crippen molar-refractivity contribution in [2.24, 2.45) is 0 Å². The molecule has 0 saturated carbocycles. The number of carbonyl (C=O) groups excluding carboxylic acids is 3. The maximum Gasteiger partial charge on any atom is 0.325 e. The van der Waals surface area contributed by atoms with Gasteiger partial charge in [-0.1, -0.05) is 18.2 Å². The number of nitrogens with one attached hydrogen (secondary N) is 3. The van der Waals surface area contributed by atoms with Crippen LogP contribution >= 0.6 is 0 Å². The van der Waals surface area contributed by atoms with Gasteiger partial charge in [-0.3, -0.25) is 14.4 Å².